The predicted octanol–water partition coefficient (Wildman–Crippen LogP) is 5.81. The third-order valence-electron chi connectivity index (χ3n) is 3.64. The Hall–Kier alpha value is -1.68. The predicted molar refractivity (Wildman–Crippen MR) is 109 cm³/mol. The van der Waals surface area contributed by atoms with Crippen molar-refractivity contribution in [1.29, 1.82) is 0 Å². The highest BCUT2D eigenvalue weighted by Gasteiger charge is 2.35. The number of anilines is 1. The number of rotatable bonds is 6. The molecule has 2 aromatic rings. The van der Waals surface area contributed by atoms with Crippen molar-refractivity contribution in [3.05, 3.63) is 57.0 Å². The summed E-state index contributed by atoms with van der Waals surface area (Å²) in [6.07, 6.45) is -5.37. The molecule has 0 amide bonds. The molecular formula is C18H15Cl3F3NO4S. The van der Waals surface area contributed by atoms with Gasteiger partial charge in [-0.2, -0.15) is 13.2 Å². The van der Waals surface area contributed by atoms with Crippen molar-refractivity contribution in [2.75, 3.05) is 10.8 Å². The van der Waals surface area contributed by atoms with E-state index in [2.05, 4.69) is 0 Å². The lowest BCUT2D eigenvalue weighted by molar-refractivity contribution is -0.145. The van der Waals surface area contributed by atoms with Gasteiger partial charge in [0.15, 0.2) is 0 Å². The van der Waals surface area contributed by atoms with Gasteiger partial charge in [-0.25, -0.2) is 8.42 Å². The third kappa shape index (κ3) is 5.72. The SMILES string of the molecule is CC(C)OC(=O)CN(c1cc(C(F)(F)F)ccc1Cl)S(=O)(=O)c1cc(Cl)ccc1Cl. The van der Waals surface area contributed by atoms with E-state index in [4.69, 9.17) is 39.5 Å². The van der Waals surface area contributed by atoms with Gasteiger partial charge in [0.05, 0.1) is 27.4 Å². The van der Waals surface area contributed by atoms with Crippen LogP contribution in [0.15, 0.2) is 41.3 Å². The van der Waals surface area contributed by atoms with Crippen LogP contribution in [0.4, 0.5) is 18.9 Å². The maximum absolute atomic E-state index is 13.3. The van der Waals surface area contributed by atoms with E-state index in [-0.39, 0.29) is 15.1 Å². The summed E-state index contributed by atoms with van der Waals surface area (Å²) in [4.78, 5) is 11.7. The molecule has 0 aliphatic heterocycles. The Morgan fingerprint density at radius 1 is 1.07 bits per heavy atom. The molecule has 2 rings (SSSR count). The first-order valence-corrected chi connectivity index (χ1v) is 10.8. The highest BCUT2D eigenvalue weighted by Crippen LogP contribution is 2.38. The van der Waals surface area contributed by atoms with E-state index in [0.29, 0.717) is 16.4 Å². The topological polar surface area (TPSA) is 63.7 Å². The molecule has 0 bridgehead atoms. The van der Waals surface area contributed by atoms with Crippen LogP contribution in [0.1, 0.15) is 19.4 Å². The molecule has 164 valence electrons. The smallest absolute Gasteiger partial charge is 0.416 e. The standard InChI is InChI=1S/C18H15Cl3F3NO4S/c1-10(2)29-17(26)9-25(15-7-11(18(22,23)24)3-5-13(15)20)30(27,28)16-8-12(19)4-6-14(16)21/h3-8,10H,9H2,1-2H3. The van der Waals surface area contributed by atoms with Gasteiger partial charge in [-0.15, -0.1) is 0 Å². The summed E-state index contributed by atoms with van der Waals surface area (Å²) in [6.45, 7) is 2.12. The van der Waals surface area contributed by atoms with Gasteiger partial charge in [-0.1, -0.05) is 34.8 Å². The van der Waals surface area contributed by atoms with E-state index < -0.39 is 51.0 Å². The Bertz CT molecular complexity index is 1060. The summed E-state index contributed by atoms with van der Waals surface area (Å²) in [5.74, 6) is -1.000. The molecule has 0 aromatic heterocycles. The van der Waals surface area contributed by atoms with Crippen LogP contribution < -0.4 is 4.31 Å². The zero-order chi connectivity index (χ0) is 22.9. The first-order chi connectivity index (χ1) is 13.7. The number of esters is 1. The van der Waals surface area contributed by atoms with E-state index in [1.807, 2.05) is 0 Å². The summed E-state index contributed by atoms with van der Waals surface area (Å²) in [6, 6.07) is 5.65. The Balaban J connectivity index is 2.70. The molecule has 0 saturated heterocycles. The monoisotopic (exact) mass is 503 g/mol. The maximum atomic E-state index is 13.3. The first-order valence-electron chi connectivity index (χ1n) is 8.27. The summed E-state index contributed by atoms with van der Waals surface area (Å²) < 4.78 is 71.5. The highest BCUT2D eigenvalue weighted by atomic mass is 35.5. The van der Waals surface area contributed by atoms with Crippen LogP contribution >= 0.6 is 34.8 Å². The first kappa shape index (κ1) is 24.6. The average molecular weight is 505 g/mol. The molecule has 5 nitrogen and oxygen atoms in total. The highest BCUT2D eigenvalue weighted by molar-refractivity contribution is 7.93. The Morgan fingerprint density at radius 2 is 1.67 bits per heavy atom. The van der Waals surface area contributed by atoms with Gasteiger partial charge in [-0.05, 0) is 50.2 Å². The number of ether oxygens (including phenoxy) is 1. The minimum atomic E-state index is -4.78. The molecule has 0 aliphatic carbocycles. The number of benzene rings is 2. The lowest BCUT2D eigenvalue weighted by Crippen LogP contribution is -2.37. The summed E-state index contributed by atoms with van der Waals surface area (Å²) in [5, 5.41) is -0.565. The summed E-state index contributed by atoms with van der Waals surface area (Å²) in [7, 11) is -4.66. The quantitative estimate of drug-likeness (QED) is 0.466. The number of hydrogen-bond acceptors (Lipinski definition) is 4. The molecule has 12 heteroatoms. The van der Waals surface area contributed by atoms with Crippen LogP contribution in [-0.4, -0.2) is 27.0 Å². The van der Waals surface area contributed by atoms with Gasteiger partial charge in [0.1, 0.15) is 11.4 Å². The zero-order valence-corrected chi connectivity index (χ0v) is 18.6. The molecule has 0 heterocycles. The second-order valence-electron chi connectivity index (χ2n) is 6.29. The van der Waals surface area contributed by atoms with Gasteiger partial charge in [0.2, 0.25) is 0 Å². The normalized spacial score (nSPS) is 12.2. The fourth-order valence-corrected chi connectivity index (χ4v) is 4.82. The molecular weight excluding hydrogens is 490 g/mol. The molecule has 30 heavy (non-hydrogen) atoms. The molecule has 0 aliphatic rings. The van der Waals surface area contributed by atoms with Gasteiger partial charge >= 0.3 is 12.1 Å². The molecule has 0 atom stereocenters. The van der Waals surface area contributed by atoms with Crippen LogP contribution in [0.3, 0.4) is 0 Å². The minimum Gasteiger partial charge on any atom is -0.462 e. The summed E-state index contributed by atoms with van der Waals surface area (Å²) >= 11 is 17.8. The van der Waals surface area contributed by atoms with Gasteiger partial charge in [0.25, 0.3) is 10.0 Å². The Morgan fingerprint density at radius 3 is 2.23 bits per heavy atom. The number of hydrogen-bond donors (Lipinski definition) is 0. The molecule has 0 radical (unpaired) electrons. The van der Waals surface area contributed by atoms with Crippen molar-refractivity contribution in [3.8, 4) is 0 Å². The van der Waals surface area contributed by atoms with Crippen LogP contribution in [0.25, 0.3) is 0 Å². The fraction of sp³-hybridized carbons (Fsp3) is 0.278. The molecule has 0 unspecified atom stereocenters. The minimum absolute atomic E-state index is 0.0119. The maximum Gasteiger partial charge on any atom is 0.416 e. The Kier molecular flexibility index (Phi) is 7.55. The largest absolute Gasteiger partial charge is 0.462 e. The van der Waals surface area contributed by atoms with E-state index in [1.54, 1.807) is 0 Å². The molecule has 0 spiro atoms. The van der Waals surface area contributed by atoms with Crippen LogP contribution in [-0.2, 0) is 25.7 Å². The molecule has 0 N–H and O–H groups in total. The molecule has 0 fully saturated rings. The second kappa shape index (κ2) is 9.21. The van der Waals surface area contributed by atoms with Crippen LogP contribution in [0.5, 0.6) is 0 Å². The lowest BCUT2D eigenvalue weighted by atomic mass is 10.2. The number of nitrogens with zero attached hydrogens (tertiary/aromatic N) is 1. The van der Waals surface area contributed by atoms with Crippen molar-refractivity contribution in [1.82, 2.24) is 0 Å². The number of carbonyl (C=O) groups is 1. The van der Waals surface area contributed by atoms with Crippen molar-refractivity contribution in [2.45, 2.75) is 31.0 Å². The van der Waals surface area contributed by atoms with Gasteiger partial charge < -0.3 is 4.74 Å². The average Bonchev–Trinajstić information content (AvgIpc) is 2.60. The van der Waals surface area contributed by atoms with Crippen molar-refractivity contribution >= 4 is 56.5 Å². The number of alkyl halides is 3. The number of halogens is 6. The fourth-order valence-electron chi connectivity index (χ4n) is 2.39. The lowest BCUT2D eigenvalue weighted by Gasteiger charge is -2.26. The number of carbonyl (C=O) groups excluding carboxylic acids is 1. The molecule has 0 saturated carbocycles. The van der Waals surface area contributed by atoms with Crippen molar-refractivity contribution < 1.29 is 31.1 Å². The number of sulfonamides is 1. The zero-order valence-electron chi connectivity index (χ0n) is 15.5. The van der Waals surface area contributed by atoms with E-state index in [1.165, 1.54) is 26.0 Å². The van der Waals surface area contributed by atoms with Crippen LogP contribution in [0.2, 0.25) is 15.1 Å². The van der Waals surface area contributed by atoms with Crippen molar-refractivity contribution in [3.63, 3.8) is 0 Å². The van der Waals surface area contributed by atoms with E-state index in [9.17, 15) is 26.4 Å². The van der Waals surface area contributed by atoms with E-state index >= 15 is 0 Å². The summed E-state index contributed by atoms with van der Waals surface area (Å²) in [5.41, 5.74) is -1.72. The second-order valence-corrected chi connectivity index (χ2v) is 9.37. The Labute approximate surface area is 186 Å². The van der Waals surface area contributed by atoms with Gasteiger partial charge in [-0.3, -0.25) is 9.10 Å². The third-order valence-corrected chi connectivity index (χ3v) is 6.44. The molecule has 2 aromatic carbocycles. The van der Waals surface area contributed by atoms with Gasteiger partial charge in [0, 0.05) is 5.02 Å². The van der Waals surface area contributed by atoms with Crippen LogP contribution in [0, 0.1) is 0 Å². The van der Waals surface area contributed by atoms with E-state index in [0.717, 1.165) is 12.1 Å². The van der Waals surface area contributed by atoms with Crippen molar-refractivity contribution in [2.24, 2.45) is 0 Å².